The first-order valence-electron chi connectivity index (χ1n) is 6.35. The maximum absolute atomic E-state index is 11.8. The van der Waals surface area contributed by atoms with Gasteiger partial charge >= 0.3 is 0 Å². The van der Waals surface area contributed by atoms with Crippen LogP contribution in [0.5, 0.6) is 0 Å². The van der Waals surface area contributed by atoms with E-state index in [1.54, 1.807) is 0 Å². The summed E-state index contributed by atoms with van der Waals surface area (Å²) < 4.78 is 5.54. The van der Waals surface area contributed by atoms with E-state index in [-0.39, 0.29) is 17.6 Å². The molecule has 0 fully saturated rings. The van der Waals surface area contributed by atoms with Crippen molar-refractivity contribution >= 4 is 5.91 Å². The van der Waals surface area contributed by atoms with Crippen molar-refractivity contribution < 1.29 is 9.53 Å². The number of ether oxygens (including phenoxy) is 1. The van der Waals surface area contributed by atoms with Crippen LogP contribution in [0.2, 0.25) is 0 Å². The smallest absolute Gasteiger partial charge is 0.237 e. The van der Waals surface area contributed by atoms with Crippen LogP contribution in [0, 0.1) is 5.92 Å². The lowest BCUT2D eigenvalue weighted by atomic mass is 10.0. The predicted molar refractivity (Wildman–Crippen MR) is 71.0 cm³/mol. The van der Waals surface area contributed by atoms with Crippen molar-refractivity contribution in [1.29, 1.82) is 0 Å². The standard InChI is InChI=1S/C13H28N2O2/c1-10(2)9-11(14-6)12(16)15-7-8-17-13(3,4)5/h10-11,14H,7-9H2,1-6H3,(H,15,16)/t11-/m0/s1. The molecule has 0 spiro atoms. The molecule has 0 unspecified atom stereocenters. The number of carbonyl (C=O) groups excluding carboxylic acids is 1. The van der Waals surface area contributed by atoms with Crippen LogP contribution < -0.4 is 10.6 Å². The zero-order valence-corrected chi connectivity index (χ0v) is 12.1. The van der Waals surface area contributed by atoms with E-state index in [1.165, 1.54) is 0 Å². The Morgan fingerprint density at radius 3 is 2.29 bits per heavy atom. The van der Waals surface area contributed by atoms with Gasteiger partial charge in [-0.2, -0.15) is 0 Å². The van der Waals surface area contributed by atoms with Crippen LogP contribution >= 0.6 is 0 Å². The normalized spacial score (nSPS) is 13.8. The molecule has 0 aromatic heterocycles. The largest absolute Gasteiger partial charge is 0.374 e. The van der Waals surface area contributed by atoms with Gasteiger partial charge in [0.25, 0.3) is 0 Å². The number of hydrogen-bond acceptors (Lipinski definition) is 3. The average molecular weight is 244 g/mol. The highest BCUT2D eigenvalue weighted by molar-refractivity contribution is 5.81. The van der Waals surface area contributed by atoms with Crippen LogP contribution in [0.25, 0.3) is 0 Å². The van der Waals surface area contributed by atoms with Gasteiger partial charge in [0.05, 0.1) is 18.2 Å². The molecule has 0 bridgehead atoms. The molecular weight excluding hydrogens is 216 g/mol. The van der Waals surface area contributed by atoms with Gasteiger partial charge < -0.3 is 15.4 Å². The highest BCUT2D eigenvalue weighted by atomic mass is 16.5. The number of likely N-dealkylation sites (N-methyl/N-ethyl adjacent to an activating group) is 1. The van der Waals surface area contributed by atoms with Gasteiger partial charge in [0.15, 0.2) is 0 Å². The summed E-state index contributed by atoms with van der Waals surface area (Å²) >= 11 is 0. The van der Waals surface area contributed by atoms with Gasteiger partial charge in [-0.25, -0.2) is 0 Å². The Labute approximate surface area is 105 Å². The average Bonchev–Trinajstić information content (AvgIpc) is 2.19. The molecule has 17 heavy (non-hydrogen) atoms. The van der Waals surface area contributed by atoms with Gasteiger partial charge in [0, 0.05) is 6.54 Å². The van der Waals surface area contributed by atoms with Crippen LogP contribution in [0.4, 0.5) is 0 Å². The van der Waals surface area contributed by atoms with Crippen molar-refractivity contribution in [1.82, 2.24) is 10.6 Å². The van der Waals surface area contributed by atoms with Crippen molar-refractivity contribution in [3.63, 3.8) is 0 Å². The number of rotatable bonds is 7. The molecule has 4 heteroatoms. The lowest BCUT2D eigenvalue weighted by Gasteiger charge is -2.21. The summed E-state index contributed by atoms with van der Waals surface area (Å²) in [5.41, 5.74) is -0.148. The molecule has 0 aliphatic rings. The molecule has 1 atom stereocenters. The Balaban J connectivity index is 3.83. The summed E-state index contributed by atoms with van der Waals surface area (Å²) in [4.78, 5) is 11.8. The van der Waals surface area contributed by atoms with E-state index >= 15 is 0 Å². The van der Waals surface area contributed by atoms with Gasteiger partial charge in [-0.15, -0.1) is 0 Å². The second-order valence-corrected chi connectivity index (χ2v) is 5.72. The van der Waals surface area contributed by atoms with E-state index in [0.717, 1.165) is 6.42 Å². The van der Waals surface area contributed by atoms with Gasteiger partial charge in [-0.05, 0) is 40.2 Å². The molecule has 0 saturated carbocycles. The molecule has 0 aromatic rings. The van der Waals surface area contributed by atoms with Crippen LogP contribution in [0.3, 0.4) is 0 Å². The van der Waals surface area contributed by atoms with Gasteiger partial charge in [0.1, 0.15) is 0 Å². The van der Waals surface area contributed by atoms with Gasteiger partial charge in [-0.3, -0.25) is 4.79 Å². The molecule has 0 radical (unpaired) electrons. The lowest BCUT2D eigenvalue weighted by Crippen LogP contribution is -2.44. The van der Waals surface area contributed by atoms with E-state index in [1.807, 2.05) is 27.8 Å². The summed E-state index contributed by atoms with van der Waals surface area (Å²) in [6, 6.07) is -0.107. The minimum Gasteiger partial charge on any atom is -0.374 e. The van der Waals surface area contributed by atoms with Crippen LogP contribution in [-0.4, -0.2) is 37.7 Å². The maximum Gasteiger partial charge on any atom is 0.237 e. The van der Waals surface area contributed by atoms with Crippen molar-refractivity contribution in [2.24, 2.45) is 5.92 Å². The first-order chi connectivity index (χ1) is 7.76. The van der Waals surface area contributed by atoms with Crippen molar-refractivity contribution in [3.8, 4) is 0 Å². The van der Waals surface area contributed by atoms with Crippen LogP contribution in [-0.2, 0) is 9.53 Å². The monoisotopic (exact) mass is 244 g/mol. The molecule has 0 heterocycles. The van der Waals surface area contributed by atoms with Gasteiger partial charge in [0.2, 0.25) is 5.91 Å². The molecule has 102 valence electrons. The van der Waals surface area contributed by atoms with Crippen molar-refractivity contribution in [3.05, 3.63) is 0 Å². The molecule has 4 nitrogen and oxygen atoms in total. The molecule has 0 saturated heterocycles. The third kappa shape index (κ3) is 9.12. The molecular formula is C13H28N2O2. The van der Waals surface area contributed by atoms with Crippen molar-refractivity contribution in [2.75, 3.05) is 20.2 Å². The van der Waals surface area contributed by atoms with E-state index in [4.69, 9.17) is 4.74 Å². The van der Waals surface area contributed by atoms with Crippen LogP contribution in [0.1, 0.15) is 41.0 Å². The first kappa shape index (κ1) is 16.4. The Morgan fingerprint density at radius 1 is 1.29 bits per heavy atom. The number of nitrogens with one attached hydrogen (secondary N) is 2. The summed E-state index contributed by atoms with van der Waals surface area (Å²) in [5, 5.41) is 5.92. The van der Waals surface area contributed by atoms with E-state index in [0.29, 0.717) is 19.1 Å². The number of carbonyl (C=O) groups is 1. The SMILES string of the molecule is CN[C@@H](CC(C)C)C(=O)NCCOC(C)(C)C. The fourth-order valence-corrected chi connectivity index (χ4v) is 1.48. The fraction of sp³-hybridized carbons (Fsp3) is 0.923. The topological polar surface area (TPSA) is 50.4 Å². The Morgan fingerprint density at radius 2 is 1.88 bits per heavy atom. The molecule has 0 aromatic carbocycles. The zero-order chi connectivity index (χ0) is 13.5. The number of hydrogen-bond donors (Lipinski definition) is 2. The Bertz CT molecular complexity index is 222. The Hall–Kier alpha value is -0.610. The number of amides is 1. The maximum atomic E-state index is 11.8. The summed E-state index contributed by atoms with van der Waals surface area (Å²) in [5.74, 6) is 0.558. The summed E-state index contributed by atoms with van der Waals surface area (Å²) in [7, 11) is 1.82. The van der Waals surface area contributed by atoms with E-state index < -0.39 is 0 Å². The third-order valence-electron chi connectivity index (χ3n) is 2.31. The van der Waals surface area contributed by atoms with E-state index in [2.05, 4.69) is 24.5 Å². The minimum absolute atomic E-state index is 0.0544. The van der Waals surface area contributed by atoms with Crippen LogP contribution in [0.15, 0.2) is 0 Å². The molecule has 1 amide bonds. The lowest BCUT2D eigenvalue weighted by molar-refractivity contribution is -0.124. The second-order valence-electron chi connectivity index (χ2n) is 5.72. The second kappa shape index (κ2) is 7.67. The van der Waals surface area contributed by atoms with E-state index in [9.17, 15) is 4.79 Å². The first-order valence-corrected chi connectivity index (χ1v) is 6.35. The molecule has 0 aliphatic heterocycles. The van der Waals surface area contributed by atoms with Crippen molar-refractivity contribution in [2.45, 2.75) is 52.7 Å². The minimum atomic E-state index is -0.148. The Kier molecular flexibility index (Phi) is 7.39. The predicted octanol–water partition coefficient (Wildman–Crippen LogP) is 1.55. The quantitative estimate of drug-likeness (QED) is 0.668. The molecule has 0 rings (SSSR count). The molecule has 2 N–H and O–H groups in total. The third-order valence-corrected chi connectivity index (χ3v) is 2.31. The molecule has 0 aliphatic carbocycles. The fourth-order valence-electron chi connectivity index (χ4n) is 1.48. The highest BCUT2D eigenvalue weighted by Gasteiger charge is 2.17. The summed E-state index contributed by atoms with van der Waals surface area (Å²) in [6.45, 7) is 11.3. The van der Waals surface area contributed by atoms with Gasteiger partial charge in [-0.1, -0.05) is 13.8 Å². The zero-order valence-electron chi connectivity index (χ0n) is 12.1. The summed E-state index contributed by atoms with van der Waals surface area (Å²) in [6.07, 6.45) is 0.850. The highest BCUT2D eigenvalue weighted by Crippen LogP contribution is 2.06.